The van der Waals surface area contributed by atoms with Crippen LogP contribution in [0.5, 0.6) is 0 Å². The highest BCUT2D eigenvalue weighted by Gasteiger charge is 2.04. The molecule has 5 heteroatoms. The van der Waals surface area contributed by atoms with Crippen molar-refractivity contribution in [3.63, 3.8) is 0 Å². The first-order chi connectivity index (χ1) is 6.81. The molecule has 1 aromatic carbocycles. The quantitative estimate of drug-likeness (QED) is 0.567. The van der Waals surface area contributed by atoms with Gasteiger partial charge in [0.25, 0.3) is 0 Å². The minimum absolute atomic E-state index is 0.552. The number of halogens is 1. The van der Waals surface area contributed by atoms with E-state index in [-0.39, 0.29) is 0 Å². The zero-order valence-electron chi connectivity index (χ0n) is 7.29. The van der Waals surface area contributed by atoms with Crippen molar-refractivity contribution in [2.75, 3.05) is 5.43 Å². The Balaban J connectivity index is 2.44. The molecule has 0 atom stereocenters. The van der Waals surface area contributed by atoms with Crippen LogP contribution in [0.3, 0.4) is 0 Å². The molecule has 2 rings (SSSR count). The van der Waals surface area contributed by atoms with Gasteiger partial charge in [0.2, 0.25) is 5.95 Å². The van der Waals surface area contributed by atoms with Gasteiger partial charge in [0, 0.05) is 10.0 Å². The molecular formula is C9H9BrN4. The van der Waals surface area contributed by atoms with Crippen LogP contribution in [0.1, 0.15) is 0 Å². The highest BCUT2D eigenvalue weighted by Crippen LogP contribution is 2.26. The standard InChI is InChI=1S/C9H9BrN4/c10-7-4-2-1-3-6(7)8-5-12-9(13-8)14-11/h1-5H,11H2,(H2,12,13,14). The van der Waals surface area contributed by atoms with E-state index < -0.39 is 0 Å². The monoisotopic (exact) mass is 252 g/mol. The van der Waals surface area contributed by atoms with E-state index in [2.05, 4.69) is 31.3 Å². The summed E-state index contributed by atoms with van der Waals surface area (Å²) in [5.41, 5.74) is 4.43. The van der Waals surface area contributed by atoms with Gasteiger partial charge in [-0.3, -0.25) is 5.43 Å². The number of H-pyrrole nitrogens is 1. The molecule has 0 aliphatic carbocycles. The second kappa shape index (κ2) is 3.81. The lowest BCUT2D eigenvalue weighted by atomic mass is 10.2. The van der Waals surface area contributed by atoms with Crippen molar-refractivity contribution in [3.05, 3.63) is 34.9 Å². The average molecular weight is 253 g/mol. The molecule has 1 aromatic heterocycles. The fourth-order valence-electron chi connectivity index (χ4n) is 1.21. The van der Waals surface area contributed by atoms with Crippen molar-refractivity contribution in [2.45, 2.75) is 0 Å². The summed E-state index contributed by atoms with van der Waals surface area (Å²) in [4.78, 5) is 7.08. The van der Waals surface area contributed by atoms with Gasteiger partial charge in [0.1, 0.15) is 0 Å². The number of anilines is 1. The number of hydrogen-bond acceptors (Lipinski definition) is 3. The number of aromatic nitrogens is 2. The Kier molecular flexibility index (Phi) is 2.51. The third-order valence-electron chi connectivity index (χ3n) is 1.88. The highest BCUT2D eigenvalue weighted by molar-refractivity contribution is 9.10. The first-order valence-corrected chi connectivity index (χ1v) is 4.87. The van der Waals surface area contributed by atoms with Crippen LogP contribution in [0.2, 0.25) is 0 Å². The number of aromatic amines is 1. The van der Waals surface area contributed by atoms with E-state index in [1.165, 1.54) is 0 Å². The van der Waals surface area contributed by atoms with E-state index in [4.69, 9.17) is 5.84 Å². The van der Waals surface area contributed by atoms with E-state index in [1.807, 2.05) is 24.3 Å². The Bertz CT molecular complexity index is 438. The van der Waals surface area contributed by atoms with Crippen molar-refractivity contribution >= 4 is 21.9 Å². The molecule has 1 heterocycles. The maximum absolute atomic E-state index is 5.22. The predicted octanol–water partition coefficient (Wildman–Crippen LogP) is 2.12. The molecule has 0 radical (unpaired) electrons. The molecule has 0 aliphatic heterocycles. The van der Waals surface area contributed by atoms with Crippen molar-refractivity contribution in [1.29, 1.82) is 0 Å². The number of nitrogens with zero attached hydrogens (tertiary/aromatic N) is 1. The second-order valence-corrected chi connectivity index (χ2v) is 3.62. The molecule has 0 bridgehead atoms. The van der Waals surface area contributed by atoms with Gasteiger partial charge in [-0.1, -0.05) is 34.1 Å². The molecule has 0 saturated heterocycles. The Morgan fingerprint density at radius 3 is 2.79 bits per heavy atom. The van der Waals surface area contributed by atoms with Gasteiger partial charge in [0.05, 0.1) is 11.9 Å². The molecule has 0 amide bonds. The maximum atomic E-state index is 5.22. The minimum atomic E-state index is 0.552. The van der Waals surface area contributed by atoms with E-state index in [0.29, 0.717) is 5.95 Å². The molecule has 72 valence electrons. The summed E-state index contributed by atoms with van der Waals surface area (Å²) < 4.78 is 1.02. The Morgan fingerprint density at radius 1 is 1.36 bits per heavy atom. The van der Waals surface area contributed by atoms with Crippen molar-refractivity contribution in [3.8, 4) is 11.3 Å². The average Bonchev–Trinajstić information content (AvgIpc) is 2.67. The normalized spacial score (nSPS) is 10.1. The van der Waals surface area contributed by atoms with Gasteiger partial charge < -0.3 is 4.98 Å². The lowest BCUT2D eigenvalue weighted by molar-refractivity contribution is 1.20. The maximum Gasteiger partial charge on any atom is 0.215 e. The minimum Gasteiger partial charge on any atom is -0.323 e. The summed E-state index contributed by atoms with van der Waals surface area (Å²) in [7, 11) is 0. The van der Waals surface area contributed by atoms with Crippen LogP contribution >= 0.6 is 15.9 Å². The number of hydrogen-bond donors (Lipinski definition) is 3. The van der Waals surface area contributed by atoms with Crippen LogP contribution in [-0.4, -0.2) is 9.97 Å². The Labute approximate surface area is 89.6 Å². The third-order valence-corrected chi connectivity index (χ3v) is 2.57. The van der Waals surface area contributed by atoms with Gasteiger partial charge in [-0.2, -0.15) is 0 Å². The van der Waals surface area contributed by atoms with Crippen molar-refractivity contribution < 1.29 is 0 Å². The van der Waals surface area contributed by atoms with Crippen LogP contribution in [-0.2, 0) is 0 Å². The molecule has 0 saturated carbocycles. The fraction of sp³-hybridized carbons (Fsp3) is 0. The number of hydrazine groups is 1. The summed E-state index contributed by atoms with van der Waals surface area (Å²) in [6.45, 7) is 0. The molecule has 0 spiro atoms. The van der Waals surface area contributed by atoms with Crippen molar-refractivity contribution in [2.24, 2.45) is 5.84 Å². The SMILES string of the molecule is NNc1ncc(-c2ccccc2Br)[nH]1. The molecule has 14 heavy (non-hydrogen) atoms. The number of rotatable bonds is 2. The highest BCUT2D eigenvalue weighted by atomic mass is 79.9. The van der Waals surface area contributed by atoms with Crippen LogP contribution in [0.4, 0.5) is 5.95 Å². The summed E-state index contributed by atoms with van der Waals surface area (Å²) in [5, 5.41) is 0. The molecular weight excluding hydrogens is 244 g/mol. The summed E-state index contributed by atoms with van der Waals surface area (Å²) >= 11 is 3.46. The summed E-state index contributed by atoms with van der Waals surface area (Å²) in [5.74, 6) is 5.78. The zero-order chi connectivity index (χ0) is 9.97. The van der Waals surface area contributed by atoms with Crippen LogP contribution in [0.15, 0.2) is 34.9 Å². The third kappa shape index (κ3) is 1.64. The Hall–Kier alpha value is -1.33. The summed E-state index contributed by atoms with van der Waals surface area (Å²) in [6.07, 6.45) is 1.73. The van der Waals surface area contributed by atoms with Crippen molar-refractivity contribution in [1.82, 2.24) is 9.97 Å². The topological polar surface area (TPSA) is 66.7 Å². The number of nitrogen functional groups attached to an aromatic ring is 1. The molecule has 0 aliphatic rings. The van der Waals surface area contributed by atoms with E-state index in [9.17, 15) is 0 Å². The Morgan fingerprint density at radius 2 is 2.14 bits per heavy atom. The molecule has 0 unspecified atom stereocenters. The molecule has 2 aromatic rings. The fourth-order valence-corrected chi connectivity index (χ4v) is 1.71. The van der Waals surface area contributed by atoms with Gasteiger partial charge in [0.15, 0.2) is 0 Å². The molecule has 4 nitrogen and oxygen atoms in total. The smallest absolute Gasteiger partial charge is 0.215 e. The second-order valence-electron chi connectivity index (χ2n) is 2.77. The summed E-state index contributed by atoms with van der Waals surface area (Å²) in [6, 6.07) is 7.91. The number of nitrogens with one attached hydrogen (secondary N) is 2. The zero-order valence-corrected chi connectivity index (χ0v) is 8.88. The largest absolute Gasteiger partial charge is 0.323 e. The number of benzene rings is 1. The van der Waals surface area contributed by atoms with Gasteiger partial charge in [-0.05, 0) is 6.07 Å². The van der Waals surface area contributed by atoms with Gasteiger partial charge in [-0.25, -0.2) is 10.8 Å². The van der Waals surface area contributed by atoms with E-state index >= 15 is 0 Å². The van der Waals surface area contributed by atoms with Crippen LogP contribution in [0, 0.1) is 0 Å². The number of imidazole rings is 1. The lowest BCUT2D eigenvalue weighted by Gasteiger charge is -1.99. The van der Waals surface area contributed by atoms with Gasteiger partial charge >= 0.3 is 0 Å². The lowest BCUT2D eigenvalue weighted by Crippen LogP contribution is -2.07. The van der Waals surface area contributed by atoms with E-state index in [0.717, 1.165) is 15.7 Å². The molecule has 0 fully saturated rings. The number of nitrogens with two attached hydrogens (primary N) is 1. The van der Waals surface area contributed by atoms with Gasteiger partial charge in [-0.15, -0.1) is 0 Å². The van der Waals surface area contributed by atoms with Crippen LogP contribution < -0.4 is 11.3 Å². The van der Waals surface area contributed by atoms with Crippen LogP contribution in [0.25, 0.3) is 11.3 Å². The van der Waals surface area contributed by atoms with E-state index in [1.54, 1.807) is 6.20 Å². The molecule has 4 N–H and O–H groups in total. The first-order valence-electron chi connectivity index (χ1n) is 4.08. The first kappa shape index (κ1) is 9.23. The predicted molar refractivity (Wildman–Crippen MR) is 59.5 cm³/mol.